The predicted octanol–water partition coefficient (Wildman–Crippen LogP) is 15.3. The molecule has 6 heteroatoms. The van der Waals surface area contributed by atoms with Gasteiger partial charge in [-0.1, -0.05) is 151 Å². The number of hydrogen-bond donors (Lipinski definition) is 2. The Balaban J connectivity index is 0. The maximum absolute atomic E-state index is 13.8. The van der Waals surface area contributed by atoms with Crippen molar-refractivity contribution < 1.29 is 13.6 Å². The van der Waals surface area contributed by atoms with E-state index in [0.717, 1.165) is 29.6 Å². The molecule has 0 heterocycles. The number of hydrogen-bond acceptors (Lipinski definition) is 4. The molecule has 3 aromatic carbocycles. The molecule has 2 atom stereocenters. The van der Waals surface area contributed by atoms with Gasteiger partial charge in [-0.15, -0.1) is 13.2 Å². The number of halogens is 2. The van der Waals surface area contributed by atoms with Crippen molar-refractivity contribution in [3.8, 4) is 12.5 Å². The van der Waals surface area contributed by atoms with Crippen LogP contribution in [-0.2, 0) is 11.2 Å². The van der Waals surface area contributed by atoms with E-state index in [1.165, 1.54) is 79.7 Å². The number of carbonyl (C=O) groups excluding carboxylic acids is 1. The van der Waals surface area contributed by atoms with E-state index in [9.17, 15) is 13.6 Å². The Bertz CT molecular complexity index is 1800. The molecule has 2 N–H and O–H groups in total. The summed E-state index contributed by atoms with van der Waals surface area (Å²) >= 11 is 0. The number of Topliss-reactive ketones (excluding diaryl/α,β-unsaturated/α-hetero) is 1. The van der Waals surface area contributed by atoms with E-state index in [1.54, 1.807) is 24.4 Å². The minimum Gasteiger partial charge on any atom is -0.313 e. The molecule has 0 amide bonds. The minimum atomic E-state index is -0.786. The fourth-order valence-corrected chi connectivity index (χ4v) is 6.14. The van der Waals surface area contributed by atoms with Crippen LogP contribution in [0.15, 0.2) is 135 Å². The van der Waals surface area contributed by atoms with Gasteiger partial charge in [-0.3, -0.25) is 9.69 Å². The maximum atomic E-state index is 13.8. The summed E-state index contributed by atoms with van der Waals surface area (Å²) in [5.41, 5.74) is 6.65. The molecule has 0 saturated heterocycles. The Labute approximate surface area is 385 Å². The van der Waals surface area contributed by atoms with Gasteiger partial charge in [0, 0.05) is 29.4 Å². The van der Waals surface area contributed by atoms with Crippen LogP contribution in [0.25, 0.3) is 5.57 Å². The number of benzene rings is 3. The number of allylic oxidation sites excluding steroid dienone is 3. The Morgan fingerprint density at radius 3 is 1.73 bits per heavy atom. The summed E-state index contributed by atoms with van der Waals surface area (Å²) in [7, 11) is 3.92. The lowest BCUT2D eigenvalue weighted by atomic mass is 9.87. The van der Waals surface area contributed by atoms with Crippen LogP contribution in [0.3, 0.4) is 0 Å². The molecule has 0 aliphatic carbocycles. The van der Waals surface area contributed by atoms with Gasteiger partial charge in [-0.05, 0) is 140 Å². The highest BCUT2D eigenvalue weighted by molar-refractivity contribution is 5.83. The molecule has 0 aromatic heterocycles. The summed E-state index contributed by atoms with van der Waals surface area (Å²) in [4.78, 5) is 13.1. The van der Waals surface area contributed by atoms with Crippen molar-refractivity contribution >= 4 is 11.4 Å². The first-order valence-corrected chi connectivity index (χ1v) is 22.5. The Kier molecular flexibility index (Phi) is 32.2. The van der Waals surface area contributed by atoms with Gasteiger partial charge in [0.25, 0.3) is 0 Å². The zero-order chi connectivity index (χ0) is 48.6. The number of likely N-dealkylation sites (N-methyl/N-ethyl adjacent to an activating group) is 2. The highest BCUT2D eigenvalue weighted by atomic mass is 19.1. The van der Waals surface area contributed by atoms with Crippen LogP contribution in [0.2, 0.25) is 0 Å². The summed E-state index contributed by atoms with van der Waals surface area (Å²) in [6.45, 7) is 37.8. The molecule has 0 saturated carbocycles. The number of terminal acetylenes is 1. The van der Waals surface area contributed by atoms with Crippen molar-refractivity contribution in [3.05, 3.63) is 163 Å². The SMILES string of the molecule is C#CN(C=C(C)C)C(C(C)=O)c1ccccc1F.C=C(C)C(CCCc1ccccc1)NC.C=C(c1ccc(F)cc1)C(CCC)CCC.C=CC(C)(C)NC.C=CCC(C)(C)C. The predicted molar refractivity (Wildman–Crippen MR) is 273 cm³/mol. The average molecular weight is 866 g/mol. The number of rotatable bonds is 19. The van der Waals surface area contributed by atoms with Crippen molar-refractivity contribution in [2.24, 2.45) is 11.3 Å². The summed E-state index contributed by atoms with van der Waals surface area (Å²) in [5.74, 6) is -0.268. The van der Waals surface area contributed by atoms with Gasteiger partial charge >= 0.3 is 0 Å². The molecular formula is C57H85F2N3O. The molecule has 4 nitrogen and oxygen atoms in total. The minimum absolute atomic E-state index is 0.0972. The van der Waals surface area contributed by atoms with Crippen LogP contribution in [0, 0.1) is 35.4 Å². The molecule has 0 spiro atoms. The van der Waals surface area contributed by atoms with E-state index in [4.69, 9.17) is 6.42 Å². The molecule has 63 heavy (non-hydrogen) atoms. The van der Waals surface area contributed by atoms with E-state index >= 15 is 0 Å². The van der Waals surface area contributed by atoms with Crippen molar-refractivity contribution in [3.63, 3.8) is 0 Å². The number of nitrogens with one attached hydrogen (secondary N) is 2. The lowest BCUT2D eigenvalue weighted by Gasteiger charge is -2.24. The van der Waals surface area contributed by atoms with Gasteiger partial charge in [0.05, 0.1) is 0 Å². The van der Waals surface area contributed by atoms with E-state index < -0.39 is 11.9 Å². The third kappa shape index (κ3) is 28.5. The molecule has 348 valence electrons. The summed E-state index contributed by atoms with van der Waals surface area (Å²) in [6, 6.07) is 25.6. The number of nitrogens with zero attached hydrogens (tertiary/aromatic N) is 1. The zero-order valence-corrected chi connectivity index (χ0v) is 41.6. The Morgan fingerprint density at radius 1 is 0.825 bits per heavy atom. The first-order chi connectivity index (χ1) is 29.6. The molecule has 3 aromatic rings. The van der Waals surface area contributed by atoms with Gasteiger partial charge in [-0.2, -0.15) is 0 Å². The maximum Gasteiger partial charge on any atom is 0.157 e. The monoisotopic (exact) mass is 866 g/mol. The van der Waals surface area contributed by atoms with Crippen molar-refractivity contribution in [2.75, 3.05) is 14.1 Å². The first kappa shape index (κ1) is 60.3. The van der Waals surface area contributed by atoms with Gasteiger partial charge in [0.1, 0.15) is 17.7 Å². The van der Waals surface area contributed by atoms with Crippen LogP contribution in [0.4, 0.5) is 8.78 Å². The molecule has 0 aliphatic rings. The van der Waals surface area contributed by atoms with E-state index in [1.807, 2.05) is 52.2 Å². The lowest BCUT2D eigenvalue weighted by molar-refractivity contribution is -0.120. The molecule has 0 aliphatic heterocycles. The quantitative estimate of drug-likeness (QED) is 0.0716. The summed E-state index contributed by atoms with van der Waals surface area (Å²) in [5, 5.41) is 6.36. The van der Waals surface area contributed by atoms with Crippen molar-refractivity contribution in [1.29, 1.82) is 0 Å². The number of aryl methyl sites for hydroxylation is 1. The topological polar surface area (TPSA) is 44.4 Å². The van der Waals surface area contributed by atoms with Crippen molar-refractivity contribution in [1.82, 2.24) is 15.5 Å². The number of carbonyl (C=O) groups is 1. The van der Waals surface area contributed by atoms with E-state index in [2.05, 4.69) is 129 Å². The van der Waals surface area contributed by atoms with Crippen LogP contribution in [0.1, 0.15) is 144 Å². The van der Waals surface area contributed by atoms with Gasteiger partial charge in [0.2, 0.25) is 0 Å². The van der Waals surface area contributed by atoms with Crippen LogP contribution < -0.4 is 10.6 Å². The fraction of sp³-hybridized carbons (Fsp3) is 0.456. The molecule has 0 radical (unpaired) electrons. The highest BCUT2D eigenvalue weighted by Crippen LogP contribution is 2.29. The highest BCUT2D eigenvalue weighted by Gasteiger charge is 2.24. The summed E-state index contributed by atoms with van der Waals surface area (Å²) < 4.78 is 26.6. The second-order valence-corrected chi connectivity index (χ2v) is 17.9. The smallest absolute Gasteiger partial charge is 0.157 e. The third-order valence-electron chi connectivity index (χ3n) is 10.0. The second-order valence-electron chi connectivity index (χ2n) is 17.9. The Hall–Kier alpha value is -4.83. The molecule has 0 bridgehead atoms. The van der Waals surface area contributed by atoms with E-state index in [-0.39, 0.29) is 17.1 Å². The molecular weight excluding hydrogens is 781 g/mol. The average Bonchev–Trinajstić information content (AvgIpc) is 3.23. The van der Waals surface area contributed by atoms with Gasteiger partial charge in [0.15, 0.2) is 5.78 Å². The molecule has 2 unspecified atom stereocenters. The molecule has 3 rings (SSSR count). The standard InChI is InChI=1S/C15H16FNO.C15H21F.C14H21N.C7H14.C6H13N/c1-5-17(10-11(2)3)15(12(4)18)13-8-6-7-9-14(13)16;1-4-6-13(7-5-2)12(3)14-8-10-15(16)11-9-14;1-12(2)14(15-3)11-7-10-13-8-5-4-6-9-13;1-5-6-7(2,3)4;1-5-6(2,3)7-4/h1,6-10,15H,2-4H3;8-11,13H,3-7H2,1-2H3;4-6,8-9,14-15H,1,7,10-11H2,2-3H3;5H,1,6H2,2-4H3;5,7H,1H2,2-4H3. The largest absolute Gasteiger partial charge is 0.313 e. The molecule has 0 fully saturated rings. The zero-order valence-electron chi connectivity index (χ0n) is 41.6. The van der Waals surface area contributed by atoms with Crippen molar-refractivity contribution in [2.45, 2.75) is 145 Å². The Morgan fingerprint density at radius 2 is 1.37 bits per heavy atom. The normalized spacial score (nSPS) is 11.4. The van der Waals surface area contributed by atoms with Gasteiger partial charge in [-0.25, -0.2) is 8.78 Å². The number of ketones is 1. The third-order valence-corrected chi connectivity index (χ3v) is 10.0. The van der Waals surface area contributed by atoms with E-state index in [0.29, 0.717) is 22.9 Å². The lowest BCUT2D eigenvalue weighted by Crippen LogP contribution is -2.33. The van der Waals surface area contributed by atoms with Crippen LogP contribution >= 0.6 is 0 Å². The summed E-state index contributed by atoms with van der Waals surface area (Å²) in [6.07, 6.45) is 20.2. The first-order valence-electron chi connectivity index (χ1n) is 22.5. The van der Waals surface area contributed by atoms with Crippen LogP contribution in [-0.4, -0.2) is 36.4 Å². The second kappa shape index (κ2) is 33.7. The van der Waals surface area contributed by atoms with Gasteiger partial charge < -0.3 is 10.6 Å². The fourth-order valence-electron chi connectivity index (χ4n) is 6.14. The van der Waals surface area contributed by atoms with Crippen LogP contribution in [0.5, 0.6) is 0 Å².